The highest BCUT2D eigenvalue weighted by Gasteiger charge is 2.14. The number of nitrogen functional groups attached to an aromatic ring is 1. The summed E-state index contributed by atoms with van der Waals surface area (Å²) in [5.41, 5.74) is 4.97. The van der Waals surface area contributed by atoms with E-state index >= 15 is 0 Å². The Kier molecular flexibility index (Phi) is 3.22. The third-order valence-corrected chi connectivity index (χ3v) is 3.37. The molecule has 0 bridgehead atoms. The van der Waals surface area contributed by atoms with Gasteiger partial charge in [0, 0.05) is 0 Å². The van der Waals surface area contributed by atoms with Crippen LogP contribution >= 0.6 is 38.5 Å². The topological polar surface area (TPSA) is 38.9 Å². The summed E-state index contributed by atoms with van der Waals surface area (Å²) in [4.78, 5) is 3.64. The second kappa shape index (κ2) is 3.82. The summed E-state index contributed by atoms with van der Waals surface area (Å²) in [7, 11) is 0. The summed E-state index contributed by atoms with van der Waals surface area (Å²) in [6.07, 6.45) is -2.62. The molecule has 12 heavy (non-hydrogen) atoms. The van der Waals surface area contributed by atoms with Crippen molar-refractivity contribution in [2.45, 2.75) is 6.43 Å². The Morgan fingerprint density at radius 2 is 2.17 bits per heavy atom. The van der Waals surface area contributed by atoms with E-state index in [2.05, 4.69) is 20.9 Å². The molecule has 66 valence electrons. The lowest BCUT2D eigenvalue weighted by Crippen LogP contribution is -2.00. The molecular weight excluding hydrogens is 345 g/mol. The Morgan fingerprint density at radius 1 is 1.58 bits per heavy atom. The van der Waals surface area contributed by atoms with Gasteiger partial charge in [0.1, 0.15) is 9.39 Å². The zero-order chi connectivity index (χ0) is 9.30. The lowest BCUT2D eigenvalue weighted by Gasteiger charge is -2.04. The van der Waals surface area contributed by atoms with E-state index in [0.29, 0.717) is 8.17 Å². The highest BCUT2D eigenvalue weighted by atomic mass is 127. The standard InChI is InChI=1S/C6H4BrF2IN2/c7-2-1-3(11)4(5(8)9)12-6(2)10/h1,5H,11H2. The molecule has 2 N–H and O–H groups in total. The third-order valence-electron chi connectivity index (χ3n) is 1.20. The second-order valence-corrected chi connectivity index (χ2v) is 3.91. The van der Waals surface area contributed by atoms with Crippen molar-refractivity contribution in [3.05, 3.63) is 19.9 Å². The van der Waals surface area contributed by atoms with E-state index in [4.69, 9.17) is 5.73 Å². The van der Waals surface area contributed by atoms with Crippen LogP contribution in [0.2, 0.25) is 0 Å². The number of halogens is 4. The van der Waals surface area contributed by atoms with Crippen LogP contribution in [0, 0.1) is 3.70 Å². The van der Waals surface area contributed by atoms with Crippen molar-refractivity contribution < 1.29 is 8.78 Å². The van der Waals surface area contributed by atoms with E-state index < -0.39 is 6.43 Å². The molecule has 1 rings (SSSR count). The molecule has 1 heterocycles. The first kappa shape index (κ1) is 10.1. The molecule has 0 unspecified atom stereocenters. The van der Waals surface area contributed by atoms with E-state index in [1.807, 2.05) is 22.6 Å². The van der Waals surface area contributed by atoms with Crippen LogP contribution in [0.15, 0.2) is 10.5 Å². The molecule has 0 aliphatic heterocycles. The summed E-state index contributed by atoms with van der Waals surface area (Å²) in [6, 6.07) is 1.43. The average Bonchev–Trinajstić information content (AvgIpc) is 1.96. The van der Waals surface area contributed by atoms with Crippen LogP contribution in [-0.4, -0.2) is 4.98 Å². The maximum atomic E-state index is 12.2. The fourth-order valence-electron chi connectivity index (χ4n) is 0.669. The van der Waals surface area contributed by atoms with Gasteiger partial charge in [-0.2, -0.15) is 0 Å². The minimum Gasteiger partial charge on any atom is -0.397 e. The van der Waals surface area contributed by atoms with Crippen molar-refractivity contribution in [2.24, 2.45) is 0 Å². The number of alkyl halides is 2. The van der Waals surface area contributed by atoms with Crippen LogP contribution in [0.3, 0.4) is 0 Å². The van der Waals surface area contributed by atoms with Crippen LogP contribution < -0.4 is 5.73 Å². The number of rotatable bonds is 1. The monoisotopic (exact) mass is 348 g/mol. The number of pyridine rings is 1. The molecule has 2 nitrogen and oxygen atoms in total. The third kappa shape index (κ3) is 2.03. The molecule has 0 aromatic carbocycles. The van der Waals surface area contributed by atoms with Gasteiger partial charge >= 0.3 is 0 Å². The molecule has 0 spiro atoms. The number of hydrogen-bond acceptors (Lipinski definition) is 2. The van der Waals surface area contributed by atoms with E-state index in [-0.39, 0.29) is 11.4 Å². The molecule has 0 atom stereocenters. The van der Waals surface area contributed by atoms with Crippen LogP contribution in [-0.2, 0) is 0 Å². The minimum atomic E-state index is -2.62. The highest BCUT2D eigenvalue weighted by Crippen LogP contribution is 2.28. The normalized spacial score (nSPS) is 10.8. The van der Waals surface area contributed by atoms with Crippen molar-refractivity contribution >= 4 is 44.2 Å². The number of anilines is 1. The zero-order valence-corrected chi connectivity index (χ0v) is 9.43. The van der Waals surface area contributed by atoms with Gasteiger partial charge in [-0.1, -0.05) is 0 Å². The summed E-state index contributed by atoms with van der Waals surface area (Å²) in [5.74, 6) is 0. The average molecular weight is 349 g/mol. The number of nitrogens with zero attached hydrogens (tertiary/aromatic N) is 1. The van der Waals surface area contributed by atoms with E-state index in [9.17, 15) is 8.78 Å². The maximum Gasteiger partial charge on any atom is 0.282 e. The largest absolute Gasteiger partial charge is 0.397 e. The first-order valence-corrected chi connectivity index (χ1v) is 4.79. The fraction of sp³-hybridized carbons (Fsp3) is 0.167. The first-order chi connectivity index (χ1) is 5.52. The Bertz CT molecular complexity index is 306. The molecule has 0 fully saturated rings. The molecule has 0 saturated carbocycles. The van der Waals surface area contributed by atoms with E-state index in [0.717, 1.165) is 0 Å². The van der Waals surface area contributed by atoms with Gasteiger partial charge in [-0.05, 0) is 44.6 Å². The molecule has 1 aromatic heterocycles. The van der Waals surface area contributed by atoms with Crippen molar-refractivity contribution in [1.29, 1.82) is 0 Å². The van der Waals surface area contributed by atoms with Gasteiger partial charge in [-0.25, -0.2) is 13.8 Å². The van der Waals surface area contributed by atoms with Crippen LogP contribution in [0.25, 0.3) is 0 Å². The van der Waals surface area contributed by atoms with Gasteiger partial charge in [0.25, 0.3) is 6.43 Å². The van der Waals surface area contributed by atoms with E-state index in [1.165, 1.54) is 6.07 Å². The summed E-state index contributed by atoms with van der Waals surface area (Å²) < 4.78 is 25.5. The predicted molar refractivity (Wildman–Crippen MR) is 54.0 cm³/mol. The zero-order valence-electron chi connectivity index (χ0n) is 5.69. The van der Waals surface area contributed by atoms with Gasteiger partial charge in [0.15, 0.2) is 0 Å². The van der Waals surface area contributed by atoms with Gasteiger partial charge < -0.3 is 5.73 Å². The smallest absolute Gasteiger partial charge is 0.282 e. The fourth-order valence-corrected chi connectivity index (χ4v) is 1.42. The molecular formula is C6H4BrF2IN2. The molecule has 0 saturated heterocycles. The van der Waals surface area contributed by atoms with E-state index in [1.54, 1.807) is 0 Å². The lowest BCUT2D eigenvalue weighted by atomic mass is 10.3. The Morgan fingerprint density at radius 3 is 2.67 bits per heavy atom. The minimum absolute atomic E-state index is 0.0114. The van der Waals surface area contributed by atoms with Crippen molar-refractivity contribution in [1.82, 2.24) is 4.98 Å². The van der Waals surface area contributed by atoms with Crippen LogP contribution in [0.5, 0.6) is 0 Å². The molecule has 0 amide bonds. The number of hydrogen-bond donors (Lipinski definition) is 1. The second-order valence-electron chi connectivity index (χ2n) is 2.04. The van der Waals surface area contributed by atoms with Gasteiger partial charge in [-0.15, -0.1) is 0 Å². The molecule has 1 aromatic rings. The first-order valence-electron chi connectivity index (χ1n) is 2.92. The Labute approximate surface area is 89.8 Å². The molecule has 6 heteroatoms. The van der Waals surface area contributed by atoms with Gasteiger partial charge in [0.2, 0.25) is 0 Å². The summed E-state index contributed by atoms with van der Waals surface area (Å²) in [5, 5.41) is 0. The summed E-state index contributed by atoms with van der Waals surface area (Å²) >= 11 is 4.99. The molecule has 0 aliphatic rings. The van der Waals surface area contributed by atoms with Gasteiger partial charge in [-0.3, -0.25) is 0 Å². The predicted octanol–water partition coefficient (Wildman–Crippen LogP) is 2.97. The Balaban J connectivity index is 3.23. The number of nitrogens with two attached hydrogens (primary N) is 1. The van der Waals surface area contributed by atoms with Crippen molar-refractivity contribution in [3.8, 4) is 0 Å². The van der Waals surface area contributed by atoms with Crippen molar-refractivity contribution in [3.63, 3.8) is 0 Å². The van der Waals surface area contributed by atoms with Gasteiger partial charge in [0.05, 0.1) is 10.2 Å². The van der Waals surface area contributed by atoms with Crippen LogP contribution in [0.4, 0.5) is 14.5 Å². The number of aromatic nitrogens is 1. The van der Waals surface area contributed by atoms with Crippen molar-refractivity contribution in [2.75, 3.05) is 5.73 Å². The van der Waals surface area contributed by atoms with Crippen LogP contribution in [0.1, 0.15) is 12.1 Å². The lowest BCUT2D eigenvalue weighted by molar-refractivity contribution is 0.147. The quantitative estimate of drug-likeness (QED) is 0.626. The highest BCUT2D eigenvalue weighted by molar-refractivity contribution is 14.1. The molecule has 0 radical (unpaired) electrons. The SMILES string of the molecule is Nc1cc(Br)c(I)nc1C(F)F. The molecule has 0 aliphatic carbocycles. The maximum absolute atomic E-state index is 12.2. The summed E-state index contributed by atoms with van der Waals surface area (Å²) in [6.45, 7) is 0. The Hall–Kier alpha value is 0.0200.